The highest BCUT2D eigenvalue weighted by Gasteiger charge is 2.19. The van der Waals surface area contributed by atoms with E-state index in [0.717, 1.165) is 6.42 Å². The number of phenolic OH excluding ortho intramolecular Hbond substituents is 2. The van der Waals surface area contributed by atoms with Crippen molar-refractivity contribution in [2.75, 3.05) is 6.61 Å². The lowest BCUT2D eigenvalue weighted by atomic mass is 10.2. The average Bonchev–Trinajstić information content (AvgIpc) is 2.85. The van der Waals surface area contributed by atoms with E-state index in [1.165, 1.54) is 18.2 Å². The summed E-state index contributed by atoms with van der Waals surface area (Å²) in [7, 11) is 0. The van der Waals surface area contributed by atoms with Gasteiger partial charge in [0.15, 0.2) is 0 Å². The Morgan fingerprint density at radius 1 is 1.32 bits per heavy atom. The van der Waals surface area contributed by atoms with E-state index in [4.69, 9.17) is 9.26 Å². The van der Waals surface area contributed by atoms with Crippen LogP contribution in [-0.2, 0) is 4.74 Å². The maximum absolute atomic E-state index is 9.73. The zero-order chi connectivity index (χ0) is 13.8. The number of nitrogens with zero attached hydrogens (tertiary/aromatic N) is 2. The number of ether oxygens (including phenoxy) is 1. The quantitative estimate of drug-likeness (QED) is 0.863. The van der Waals surface area contributed by atoms with Gasteiger partial charge in [-0.3, -0.25) is 0 Å². The van der Waals surface area contributed by atoms with Crippen molar-refractivity contribution >= 4 is 0 Å². The van der Waals surface area contributed by atoms with E-state index in [-0.39, 0.29) is 23.5 Å². The third kappa shape index (κ3) is 2.85. The van der Waals surface area contributed by atoms with Crippen LogP contribution in [-0.4, -0.2) is 27.0 Å². The van der Waals surface area contributed by atoms with Crippen molar-refractivity contribution in [3.8, 4) is 23.0 Å². The maximum atomic E-state index is 9.73. The maximum Gasteiger partial charge on any atom is 0.261 e. The van der Waals surface area contributed by atoms with Gasteiger partial charge in [-0.1, -0.05) is 12.1 Å². The predicted octanol–water partition coefficient (Wildman–Crippen LogP) is 2.64. The van der Waals surface area contributed by atoms with Crippen LogP contribution in [0.15, 0.2) is 22.7 Å². The first-order valence-corrected chi connectivity index (χ1v) is 6.13. The van der Waals surface area contributed by atoms with Gasteiger partial charge >= 0.3 is 0 Å². The summed E-state index contributed by atoms with van der Waals surface area (Å²) in [5.41, 5.74) is 0.378. The number of aromatic hydroxyl groups is 2. The number of aromatic nitrogens is 2. The minimum atomic E-state index is -0.221. The number of rotatable bonds is 5. The van der Waals surface area contributed by atoms with Gasteiger partial charge in [0.2, 0.25) is 5.82 Å². The summed E-state index contributed by atoms with van der Waals surface area (Å²) in [5, 5.41) is 22.8. The highest BCUT2D eigenvalue weighted by Crippen LogP contribution is 2.31. The Hall–Kier alpha value is -2.08. The SMILES string of the molecule is CCOC(CC)c1noc(-c2ccc(O)cc2O)n1. The van der Waals surface area contributed by atoms with Crippen molar-refractivity contribution in [2.45, 2.75) is 26.4 Å². The summed E-state index contributed by atoms with van der Waals surface area (Å²) in [6.45, 7) is 4.43. The highest BCUT2D eigenvalue weighted by atomic mass is 16.5. The third-order valence-electron chi connectivity index (χ3n) is 2.68. The van der Waals surface area contributed by atoms with E-state index in [2.05, 4.69) is 10.1 Å². The fraction of sp³-hybridized carbons (Fsp3) is 0.385. The Labute approximate surface area is 110 Å². The first-order valence-electron chi connectivity index (χ1n) is 6.13. The van der Waals surface area contributed by atoms with Crippen LogP contribution in [0.25, 0.3) is 11.5 Å². The molecular formula is C13H16N2O4. The number of phenols is 2. The number of hydrogen-bond donors (Lipinski definition) is 2. The van der Waals surface area contributed by atoms with Crippen LogP contribution in [0.4, 0.5) is 0 Å². The van der Waals surface area contributed by atoms with Crippen molar-refractivity contribution in [1.82, 2.24) is 10.1 Å². The lowest BCUT2D eigenvalue weighted by Crippen LogP contribution is -2.04. The normalized spacial score (nSPS) is 12.5. The summed E-state index contributed by atoms with van der Waals surface area (Å²) >= 11 is 0. The minimum Gasteiger partial charge on any atom is -0.508 e. The van der Waals surface area contributed by atoms with E-state index >= 15 is 0 Å². The molecule has 6 heteroatoms. The second-order valence-electron chi connectivity index (χ2n) is 4.01. The minimum absolute atomic E-state index is 0.0262. The van der Waals surface area contributed by atoms with Gasteiger partial charge in [0, 0.05) is 12.7 Å². The molecule has 0 aliphatic rings. The Morgan fingerprint density at radius 3 is 2.74 bits per heavy atom. The van der Waals surface area contributed by atoms with Gasteiger partial charge in [0.05, 0.1) is 5.56 Å². The van der Waals surface area contributed by atoms with Gasteiger partial charge in [0.1, 0.15) is 17.6 Å². The summed E-state index contributed by atoms with van der Waals surface area (Å²) < 4.78 is 10.6. The Bertz CT molecular complexity index is 553. The largest absolute Gasteiger partial charge is 0.508 e. The molecule has 6 nitrogen and oxygen atoms in total. The fourth-order valence-corrected chi connectivity index (χ4v) is 1.75. The molecule has 0 aliphatic heterocycles. The molecule has 19 heavy (non-hydrogen) atoms. The van der Waals surface area contributed by atoms with Crippen LogP contribution in [0.2, 0.25) is 0 Å². The zero-order valence-electron chi connectivity index (χ0n) is 10.8. The van der Waals surface area contributed by atoms with Crippen molar-refractivity contribution in [3.63, 3.8) is 0 Å². The monoisotopic (exact) mass is 264 g/mol. The second kappa shape index (κ2) is 5.71. The van der Waals surface area contributed by atoms with Crippen molar-refractivity contribution < 1.29 is 19.5 Å². The molecule has 1 aromatic carbocycles. The molecule has 0 saturated heterocycles. The van der Waals surface area contributed by atoms with Gasteiger partial charge < -0.3 is 19.5 Å². The van der Waals surface area contributed by atoms with E-state index in [9.17, 15) is 10.2 Å². The van der Waals surface area contributed by atoms with E-state index in [1.54, 1.807) is 0 Å². The van der Waals surface area contributed by atoms with Crippen LogP contribution in [0.3, 0.4) is 0 Å². The third-order valence-corrected chi connectivity index (χ3v) is 2.68. The van der Waals surface area contributed by atoms with Crippen LogP contribution in [0.1, 0.15) is 32.2 Å². The molecule has 0 aliphatic carbocycles. The van der Waals surface area contributed by atoms with Gasteiger partial charge in [0.25, 0.3) is 5.89 Å². The van der Waals surface area contributed by atoms with Gasteiger partial charge in [-0.2, -0.15) is 4.98 Å². The second-order valence-corrected chi connectivity index (χ2v) is 4.01. The zero-order valence-corrected chi connectivity index (χ0v) is 10.8. The van der Waals surface area contributed by atoms with Crippen molar-refractivity contribution in [2.24, 2.45) is 0 Å². The molecule has 1 unspecified atom stereocenters. The van der Waals surface area contributed by atoms with E-state index in [0.29, 0.717) is 18.0 Å². The molecule has 0 amide bonds. The van der Waals surface area contributed by atoms with Crippen LogP contribution in [0, 0.1) is 0 Å². The van der Waals surface area contributed by atoms with Gasteiger partial charge in [-0.05, 0) is 25.5 Å². The highest BCUT2D eigenvalue weighted by molar-refractivity contribution is 5.63. The molecule has 1 heterocycles. The van der Waals surface area contributed by atoms with Crippen LogP contribution >= 0.6 is 0 Å². The summed E-state index contributed by atoms with van der Waals surface area (Å²) in [5.74, 6) is 0.513. The summed E-state index contributed by atoms with van der Waals surface area (Å²) in [6, 6.07) is 4.18. The molecule has 0 radical (unpaired) electrons. The Morgan fingerprint density at radius 2 is 2.11 bits per heavy atom. The molecule has 2 rings (SSSR count). The topological polar surface area (TPSA) is 88.6 Å². The lowest BCUT2D eigenvalue weighted by molar-refractivity contribution is 0.0518. The smallest absolute Gasteiger partial charge is 0.261 e. The predicted molar refractivity (Wildman–Crippen MR) is 67.7 cm³/mol. The summed E-state index contributed by atoms with van der Waals surface area (Å²) in [4.78, 5) is 4.22. The lowest BCUT2D eigenvalue weighted by Gasteiger charge is -2.09. The first-order chi connectivity index (χ1) is 9.15. The molecular weight excluding hydrogens is 248 g/mol. The molecule has 0 saturated carbocycles. The molecule has 0 spiro atoms. The molecule has 102 valence electrons. The molecule has 2 aromatic rings. The molecule has 1 atom stereocenters. The average molecular weight is 264 g/mol. The molecule has 2 N–H and O–H groups in total. The van der Waals surface area contributed by atoms with Crippen molar-refractivity contribution in [3.05, 3.63) is 24.0 Å². The standard InChI is InChI=1S/C13H16N2O4/c1-3-11(18-4-2)12-14-13(19-15-12)9-6-5-8(16)7-10(9)17/h5-7,11,16-17H,3-4H2,1-2H3. The molecule has 0 bridgehead atoms. The number of benzene rings is 1. The first kappa shape index (κ1) is 13.4. The van der Waals surface area contributed by atoms with Gasteiger partial charge in [-0.15, -0.1) is 0 Å². The van der Waals surface area contributed by atoms with E-state index < -0.39 is 0 Å². The fourth-order valence-electron chi connectivity index (χ4n) is 1.75. The Kier molecular flexibility index (Phi) is 4.01. The van der Waals surface area contributed by atoms with E-state index in [1.807, 2.05) is 13.8 Å². The summed E-state index contributed by atoms with van der Waals surface area (Å²) in [6.07, 6.45) is 0.510. The van der Waals surface area contributed by atoms with Crippen molar-refractivity contribution in [1.29, 1.82) is 0 Å². The number of hydrogen-bond acceptors (Lipinski definition) is 6. The van der Waals surface area contributed by atoms with Gasteiger partial charge in [-0.25, -0.2) is 0 Å². The molecule has 1 aromatic heterocycles. The Balaban J connectivity index is 2.29. The van der Waals surface area contributed by atoms with Crippen LogP contribution < -0.4 is 0 Å². The van der Waals surface area contributed by atoms with Crippen LogP contribution in [0.5, 0.6) is 11.5 Å². The molecule has 0 fully saturated rings.